The molecule has 6 heteroatoms. The molecule has 4 aliphatic carbocycles. The first-order valence-corrected chi connectivity index (χ1v) is 12.3. The SMILES string of the molecule is CCCS(=O)(=O)N1CCCC(C(=O)NCC23CC4CC(CC(C4)C2)C3)C1. The Labute approximate surface area is 158 Å². The molecule has 5 nitrogen and oxygen atoms in total. The number of rotatable bonds is 6. The minimum absolute atomic E-state index is 0.0807. The Kier molecular flexibility index (Phi) is 5.10. The Bertz CT molecular complexity index is 610. The van der Waals surface area contributed by atoms with Gasteiger partial charge in [0.2, 0.25) is 15.9 Å². The van der Waals surface area contributed by atoms with Gasteiger partial charge < -0.3 is 5.32 Å². The first-order valence-electron chi connectivity index (χ1n) is 10.6. The van der Waals surface area contributed by atoms with Gasteiger partial charge in [-0.2, -0.15) is 0 Å². The van der Waals surface area contributed by atoms with E-state index in [1.807, 2.05) is 6.92 Å². The Balaban J connectivity index is 1.34. The average Bonchev–Trinajstić information content (AvgIpc) is 2.59. The number of carbonyl (C=O) groups is 1. The first kappa shape index (κ1) is 18.7. The van der Waals surface area contributed by atoms with E-state index in [2.05, 4.69) is 5.32 Å². The molecule has 1 saturated heterocycles. The number of carbonyl (C=O) groups excluding carboxylic acids is 1. The largest absolute Gasteiger partial charge is 0.355 e. The summed E-state index contributed by atoms with van der Waals surface area (Å²) in [6.07, 6.45) is 10.4. The van der Waals surface area contributed by atoms with Crippen molar-refractivity contribution in [1.82, 2.24) is 9.62 Å². The zero-order valence-electron chi connectivity index (χ0n) is 16.1. The molecular formula is C20H34N2O3S. The molecule has 5 rings (SSSR count). The molecule has 148 valence electrons. The summed E-state index contributed by atoms with van der Waals surface area (Å²) in [6, 6.07) is 0. The highest BCUT2D eigenvalue weighted by Crippen LogP contribution is 2.59. The molecule has 1 atom stereocenters. The predicted molar refractivity (Wildman–Crippen MR) is 102 cm³/mol. The van der Waals surface area contributed by atoms with Gasteiger partial charge in [-0.1, -0.05) is 6.92 Å². The summed E-state index contributed by atoms with van der Waals surface area (Å²) in [5.74, 6) is 2.77. The van der Waals surface area contributed by atoms with Crippen LogP contribution in [0, 0.1) is 29.1 Å². The number of nitrogens with one attached hydrogen (secondary N) is 1. The molecule has 0 aromatic carbocycles. The molecule has 0 aromatic rings. The molecule has 1 heterocycles. The summed E-state index contributed by atoms with van der Waals surface area (Å²) < 4.78 is 26.2. The maximum Gasteiger partial charge on any atom is 0.224 e. The van der Waals surface area contributed by atoms with Gasteiger partial charge in [0, 0.05) is 19.6 Å². The molecule has 1 unspecified atom stereocenters. The maximum absolute atomic E-state index is 12.8. The minimum Gasteiger partial charge on any atom is -0.355 e. The minimum atomic E-state index is -3.20. The van der Waals surface area contributed by atoms with E-state index >= 15 is 0 Å². The van der Waals surface area contributed by atoms with Gasteiger partial charge >= 0.3 is 0 Å². The highest BCUT2D eigenvalue weighted by Gasteiger charge is 2.50. The van der Waals surface area contributed by atoms with E-state index in [-0.39, 0.29) is 17.6 Å². The highest BCUT2D eigenvalue weighted by atomic mass is 32.2. The molecule has 1 N–H and O–H groups in total. The molecular weight excluding hydrogens is 348 g/mol. The van der Waals surface area contributed by atoms with Crippen molar-refractivity contribution in [1.29, 1.82) is 0 Å². The fourth-order valence-corrected chi connectivity index (χ4v) is 8.31. The van der Waals surface area contributed by atoms with Gasteiger partial charge in [-0.15, -0.1) is 0 Å². The number of sulfonamides is 1. The number of hydrogen-bond acceptors (Lipinski definition) is 3. The van der Waals surface area contributed by atoms with Crippen LogP contribution in [0.4, 0.5) is 0 Å². The molecule has 4 saturated carbocycles. The number of amides is 1. The molecule has 0 aromatic heterocycles. The summed E-state index contributed by atoms with van der Waals surface area (Å²) in [5, 5.41) is 3.25. The fraction of sp³-hybridized carbons (Fsp3) is 0.950. The van der Waals surface area contributed by atoms with E-state index in [1.165, 1.54) is 38.5 Å². The van der Waals surface area contributed by atoms with Gasteiger partial charge in [0.05, 0.1) is 11.7 Å². The zero-order valence-corrected chi connectivity index (χ0v) is 16.9. The van der Waals surface area contributed by atoms with E-state index in [0.29, 0.717) is 24.9 Å². The van der Waals surface area contributed by atoms with Crippen LogP contribution < -0.4 is 5.32 Å². The third-order valence-corrected chi connectivity index (χ3v) is 9.46. The Morgan fingerprint density at radius 2 is 1.73 bits per heavy atom. The fourth-order valence-electron chi connectivity index (χ4n) is 6.72. The normalized spacial score (nSPS) is 39.9. The zero-order chi connectivity index (χ0) is 18.4. The van der Waals surface area contributed by atoms with Crippen LogP contribution in [0.1, 0.15) is 64.7 Å². The number of hydrogen-bond donors (Lipinski definition) is 1. The van der Waals surface area contributed by atoms with Crippen molar-refractivity contribution in [3.05, 3.63) is 0 Å². The van der Waals surface area contributed by atoms with Crippen molar-refractivity contribution < 1.29 is 13.2 Å². The second-order valence-electron chi connectivity index (χ2n) is 9.65. The van der Waals surface area contributed by atoms with Crippen LogP contribution in [0.5, 0.6) is 0 Å². The summed E-state index contributed by atoms with van der Waals surface area (Å²) in [6.45, 7) is 3.64. The van der Waals surface area contributed by atoms with Crippen molar-refractivity contribution in [3.63, 3.8) is 0 Å². The lowest BCUT2D eigenvalue weighted by Crippen LogP contribution is -2.53. The standard InChI is InChI=1S/C20H34N2O3S/c1-2-6-26(24,25)22-5-3-4-18(13-22)19(23)21-14-20-10-15-7-16(11-20)9-17(8-15)12-20/h15-18H,2-14H2,1H3,(H,21,23). The van der Waals surface area contributed by atoms with Gasteiger partial charge in [0.1, 0.15) is 0 Å². The molecule has 26 heavy (non-hydrogen) atoms. The summed E-state index contributed by atoms with van der Waals surface area (Å²) in [5.41, 5.74) is 0.340. The second kappa shape index (κ2) is 7.08. The van der Waals surface area contributed by atoms with Crippen LogP contribution in [0.3, 0.4) is 0 Å². The van der Waals surface area contributed by atoms with Crippen molar-refractivity contribution in [2.24, 2.45) is 29.1 Å². The van der Waals surface area contributed by atoms with Crippen molar-refractivity contribution in [2.45, 2.75) is 64.7 Å². The highest BCUT2D eigenvalue weighted by molar-refractivity contribution is 7.89. The number of nitrogens with zero attached hydrogens (tertiary/aromatic N) is 1. The molecule has 4 bridgehead atoms. The summed E-state index contributed by atoms with van der Waals surface area (Å²) in [7, 11) is -3.20. The van der Waals surface area contributed by atoms with Crippen molar-refractivity contribution >= 4 is 15.9 Å². The first-order chi connectivity index (χ1) is 12.4. The second-order valence-corrected chi connectivity index (χ2v) is 11.7. The van der Waals surface area contributed by atoms with Crippen LogP contribution >= 0.6 is 0 Å². The van der Waals surface area contributed by atoms with Crippen LogP contribution in [-0.4, -0.2) is 44.0 Å². The van der Waals surface area contributed by atoms with Crippen LogP contribution in [0.2, 0.25) is 0 Å². The number of piperidine rings is 1. The van der Waals surface area contributed by atoms with Crippen molar-refractivity contribution in [3.8, 4) is 0 Å². The summed E-state index contributed by atoms with van der Waals surface area (Å²) >= 11 is 0. The Morgan fingerprint density at radius 1 is 1.12 bits per heavy atom. The third-order valence-electron chi connectivity index (χ3n) is 7.41. The monoisotopic (exact) mass is 382 g/mol. The van der Waals surface area contributed by atoms with E-state index in [4.69, 9.17) is 0 Å². The van der Waals surface area contributed by atoms with E-state index in [0.717, 1.165) is 37.1 Å². The van der Waals surface area contributed by atoms with E-state index in [1.54, 1.807) is 4.31 Å². The molecule has 0 spiro atoms. The lowest BCUT2D eigenvalue weighted by atomic mass is 9.49. The quantitative estimate of drug-likeness (QED) is 0.768. The molecule has 1 aliphatic heterocycles. The van der Waals surface area contributed by atoms with Crippen LogP contribution in [0.15, 0.2) is 0 Å². The van der Waals surface area contributed by atoms with Crippen LogP contribution in [0.25, 0.3) is 0 Å². The van der Waals surface area contributed by atoms with Gasteiger partial charge in [0.25, 0.3) is 0 Å². The van der Waals surface area contributed by atoms with Gasteiger partial charge in [-0.25, -0.2) is 12.7 Å². The lowest BCUT2D eigenvalue weighted by molar-refractivity contribution is -0.128. The molecule has 5 aliphatic rings. The van der Waals surface area contributed by atoms with Gasteiger partial charge in [-0.3, -0.25) is 4.79 Å². The molecule has 5 fully saturated rings. The van der Waals surface area contributed by atoms with E-state index < -0.39 is 10.0 Å². The topological polar surface area (TPSA) is 66.5 Å². The third kappa shape index (κ3) is 3.68. The lowest BCUT2D eigenvalue weighted by Gasteiger charge is -2.57. The van der Waals surface area contributed by atoms with Gasteiger partial charge in [-0.05, 0) is 81.0 Å². The predicted octanol–water partition coefficient (Wildman–Crippen LogP) is 2.77. The van der Waals surface area contributed by atoms with Crippen LogP contribution in [-0.2, 0) is 14.8 Å². The smallest absolute Gasteiger partial charge is 0.224 e. The van der Waals surface area contributed by atoms with Crippen molar-refractivity contribution in [2.75, 3.05) is 25.4 Å². The maximum atomic E-state index is 12.8. The van der Waals surface area contributed by atoms with E-state index in [9.17, 15) is 13.2 Å². The Hall–Kier alpha value is -0.620. The molecule has 1 amide bonds. The van der Waals surface area contributed by atoms with Gasteiger partial charge in [0.15, 0.2) is 0 Å². The summed E-state index contributed by atoms with van der Waals surface area (Å²) in [4.78, 5) is 12.8. The Morgan fingerprint density at radius 3 is 2.31 bits per heavy atom. The molecule has 0 radical (unpaired) electrons. The average molecular weight is 383 g/mol.